The number of rotatable bonds is 6. The van der Waals surface area contributed by atoms with Crippen LogP contribution in [0.4, 0.5) is 5.69 Å². The van der Waals surface area contributed by atoms with Gasteiger partial charge in [-0.3, -0.25) is 19.7 Å². The number of amides is 1. The number of benzene rings is 1. The quantitative estimate of drug-likeness (QED) is 0.489. The van der Waals surface area contributed by atoms with Gasteiger partial charge in [-0.05, 0) is 31.5 Å². The lowest BCUT2D eigenvalue weighted by Gasteiger charge is -2.06. The molecule has 1 N–H and O–H groups in total. The van der Waals surface area contributed by atoms with Gasteiger partial charge in [0.15, 0.2) is 5.78 Å². The molecule has 0 aliphatic rings. The van der Waals surface area contributed by atoms with E-state index in [1.165, 1.54) is 30.4 Å². The van der Waals surface area contributed by atoms with Crippen molar-refractivity contribution in [3.63, 3.8) is 0 Å². The smallest absolute Gasteiger partial charge is 0.270 e. The molecule has 0 aliphatic heterocycles. The number of ketones is 1. The zero-order chi connectivity index (χ0) is 17.0. The summed E-state index contributed by atoms with van der Waals surface area (Å²) in [6, 6.07) is 7.33. The Morgan fingerprint density at radius 2 is 2.04 bits per heavy atom. The fourth-order valence-electron chi connectivity index (χ4n) is 1.90. The highest BCUT2D eigenvalue weighted by Crippen LogP contribution is 2.22. The number of hydrogen-bond donors (Lipinski definition) is 1. The summed E-state index contributed by atoms with van der Waals surface area (Å²) in [5.74, 6) is -0.379. The summed E-state index contributed by atoms with van der Waals surface area (Å²) in [4.78, 5) is 35.0. The fraction of sp³-hybridized carbons (Fsp3) is 0.200. The van der Waals surface area contributed by atoms with Crippen molar-refractivity contribution < 1.29 is 14.5 Å². The van der Waals surface area contributed by atoms with Gasteiger partial charge in [0, 0.05) is 23.6 Å². The van der Waals surface area contributed by atoms with Crippen LogP contribution in [-0.4, -0.2) is 23.2 Å². The van der Waals surface area contributed by atoms with Gasteiger partial charge >= 0.3 is 0 Å². The van der Waals surface area contributed by atoms with Gasteiger partial charge in [-0.2, -0.15) is 0 Å². The molecule has 0 spiro atoms. The maximum atomic E-state index is 12.0. The Labute approximate surface area is 141 Å². The van der Waals surface area contributed by atoms with Gasteiger partial charge in [0.05, 0.1) is 20.4 Å². The van der Waals surface area contributed by atoms with Crippen LogP contribution in [0.15, 0.2) is 30.3 Å². The van der Waals surface area contributed by atoms with Crippen LogP contribution < -0.4 is 5.32 Å². The number of Topliss-reactive ketones (excluding diaryl/α,β-unsaturated/α-hetero) is 1. The number of carbonyl (C=O) groups is 2. The Morgan fingerprint density at radius 1 is 1.30 bits per heavy atom. The molecule has 23 heavy (non-hydrogen) atoms. The topological polar surface area (TPSA) is 89.3 Å². The van der Waals surface area contributed by atoms with Crippen LogP contribution in [0.1, 0.15) is 31.8 Å². The molecule has 1 aromatic carbocycles. The van der Waals surface area contributed by atoms with Crippen molar-refractivity contribution in [3.05, 3.63) is 60.8 Å². The van der Waals surface area contributed by atoms with Gasteiger partial charge in [-0.25, -0.2) is 0 Å². The third-order valence-electron chi connectivity index (χ3n) is 3.07. The van der Waals surface area contributed by atoms with E-state index >= 15 is 0 Å². The van der Waals surface area contributed by atoms with Crippen LogP contribution in [0.25, 0.3) is 0 Å². The van der Waals surface area contributed by atoms with Crippen LogP contribution in [0, 0.1) is 10.1 Å². The zero-order valence-corrected chi connectivity index (χ0v) is 13.7. The molecule has 1 heterocycles. The fourth-order valence-corrected chi connectivity index (χ4v) is 3.06. The van der Waals surface area contributed by atoms with Crippen molar-refractivity contribution >= 4 is 40.3 Å². The van der Waals surface area contributed by atoms with Gasteiger partial charge in [0.1, 0.15) is 0 Å². The standard InChI is InChI=1S/C15H13ClN2O4S/c1-9(19)14-5-3-11(23-14)6-7-17-15(20)12-4-2-10(18(21)22)8-13(12)16/h2-5,8H,6-7H2,1H3,(H,17,20). The van der Waals surface area contributed by atoms with E-state index in [1.807, 2.05) is 6.07 Å². The highest BCUT2D eigenvalue weighted by atomic mass is 35.5. The molecule has 120 valence electrons. The first-order valence-corrected chi connectivity index (χ1v) is 7.89. The molecule has 0 radical (unpaired) electrons. The molecule has 1 amide bonds. The summed E-state index contributed by atoms with van der Waals surface area (Å²) in [7, 11) is 0. The van der Waals surface area contributed by atoms with Crippen molar-refractivity contribution in [2.45, 2.75) is 13.3 Å². The molecule has 0 aliphatic carbocycles. The molecule has 0 fully saturated rings. The SMILES string of the molecule is CC(=O)c1ccc(CCNC(=O)c2ccc([N+](=O)[O-])cc2Cl)s1. The van der Waals surface area contributed by atoms with Crippen molar-refractivity contribution in [1.29, 1.82) is 0 Å². The number of hydrogen-bond acceptors (Lipinski definition) is 5. The van der Waals surface area contributed by atoms with Crippen molar-refractivity contribution in [2.24, 2.45) is 0 Å². The first-order chi connectivity index (χ1) is 10.9. The van der Waals surface area contributed by atoms with Crippen molar-refractivity contribution in [3.8, 4) is 0 Å². The van der Waals surface area contributed by atoms with E-state index in [-0.39, 0.29) is 22.1 Å². The van der Waals surface area contributed by atoms with E-state index < -0.39 is 10.8 Å². The minimum absolute atomic E-state index is 0.0166. The maximum Gasteiger partial charge on any atom is 0.270 e. The lowest BCUT2D eigenvalue weighted by molar-refractivity contribution is -0.384. The lowest BCUT2D eigenvalue weighted by atomic mass is 10.2. The number of nitrogens with zero attached hydrogens (tertiary/aromatic N) is 1. The maximum absolute atomic E-state index is 12.0. The van der Waals surface area contributed by atoms with Crippen molar-refractivity contribution in [1.82, 2.24) is 5.32 Å². The average Bonchev–Trinajstić information content (AvgIpc) is 2.96. The van der Waals surface area contributed by atoms with Gasteiger partial charge < -0.3 is 5.32 Å². The third-order valence-corrected chi connectivity index (χ3v) is 4.63. The molecule has 2 aromatic rings. The molecule has 8 heteroatoms. The van der Waals surface area contributed by atoms with Gasteiger partial charge in [-0.1, -0.05) is 11.6 Å². The molecule has 2 rings (SSSR count). The number of thiophene rings is 1. The first kappa shape index (κ1) is 17.1. The minimum atomic E-state index is -0.572. The number of nitro benzene ring substituents is 1. The number of nitrogens with one attached hydrogen (secondary N) is 1. The first-order valence-electron chi connectivity index (χ1n) is 6.70. The molecule has 0 saturated carbocycles. The van der Waals surface area contributed by atoms with Crippen LogP contribution in [-0.2, 0) is 6.42 Å². The van der Waals surface area contributed by atoms with Gasteiger partial charge in [0.25, 0.3) is 11.6 Å². The number of nitro groups is 1. The summed E-state index contributed by atoms with van der Waals surface area (Å²) in [5, 5.41) is 13.4. The molecular formula is C15H13ClN2O4S. The largest absolute Gasteiger partial charge is 0.352 e. The molecule has 0 atom stereocenters. The Morgan fingerprint density at radius 3 is 2.61 bits per heavy atom. The molecule has 0 saturated heterocycles. The normalized spacial score (nSPS) is 10.3. The summed E-state index contributed by atoms with van der Waals surface area (Å²) in [6.07, 6.45) is 0.592. The van der Waals surface area contributed by atoms with Crippen LogP contribution in [0.3, 0.4) is 0 Å². The predicted octanol–water partition coefficient (Wildman–Crippen LogP) is 3.48. The van der Waals surface area contributed by atoms with Crippen LogP contribution >= 0.6 is 22.9 Å². The summed E-state index contributed by atoms with van der Waals surface area (Å²) < 4.78 is 0. The van der Waals surface area contributed by atoms with Gasteiger partial charge in [-0.15, -0.1) is 11.3 Å². The van der Waals surface area contributed by atoms with E-state index in [9.17, 15) is 19.7 Å². The second-order valence-corrected chi connectivity index (χ2v) is 6.32. The summed E-state index contributed by atoms with van der Waals surface area (Å²) >= 11 is 7.30. The second-order valence-electron chi connectivity index (χ2n) is 4.75. The van der Waals surface area contributed by atoms with Gasteiger partial charge in [0.2, 0.25) is 0 Å². The summed E-state index contributed by atoms with van der Waals surface area (Å²) in [5.41, 5.74) is 0.0229. The van der Waals surface area contributed by atoms with E-state index in [0.29, 0.717) is 17.8 Å². The highest BCUT2D eigenvalue weighted by molar-refractivity contribution is 7.14. The van der Waals surface area contributed by atoms with E-state index in [4.69, 9.17) is 11.6 Å². The number of halogens is 1. The zero-order valence-electron chi connectivity index (χ0n) is 12.2. The summed E-state index contributed by atoms with van der Waals surface area (Å²) in [6.45, 7) is 1.89. The minimum Gasteiger partial charge on any atom is -0.352 e. The Balaban J connectivity index is 1.94. The van der Waals surface area contributed by atoms with Crippen LogP contribution in [0.5, 0.6) is 0 Å². The molecule has 6 nitrogen and oxygen atoms in total. The Kier molecular flexibility index (Phi) is 5.46. The van der Waals surface area contributed by atoms with Crippen molar-refractivity contribution in [2.75, 3.05) is 6.54 Å². The number of non-ortho nitro benzene ring substituents is 1. The van der Waals surface area contributed by atoms with Crippen LogP contribution in [0.2, 0.25) is 5.02 Å². The molecular weight excluding hydrogens is 340 g/mol. The van der Waals surface area contributed by atoms with E-state index in [1.54, 1.807) is 6.07 Å². The average molecular weight is 353 g/mol. The van der Waals surface area contributed by atoms with E-state index in [2.05, 4.69) is 5.32 Å². The highest BCUT2D eigenvalue weighted by Gasteiger charge is 2.14. The Bertz CT molecular complexity index is 773. The third kappa shape index (κ3) is 4.37. The Hall–Kier alpha value is -2.25. The molecule has 1 aromatic heterocycles. The molecule has 0 unspecified atom stereocenters. The van der Waals surface area contributed by atoms with E-state index in [0.717, 1.165) is 10.9 Å². The number of carbonyl (C=O) groups excluding carboxylic acids is 2. The monoisotopic (exact) mass is 352 g/mol. The predicted molar refractivity (Wildman–Crippen MR) is 88.5 cm³/mol. The second kappa shape index (κ2) is 7.34. The molecule has 0 bridgehead atoms. The lowest BCUT2D eigenvalue weighted by Crippen LogP contribution is -2.25.